The number of carbonyl (C=O) groups is 1. The number of hydrogen-bond donors (Lipinski definition) is 0. The van der Waals surface area contributed by atoms with Crippen molar-refractivity contribution in [1.29, 1.82) is 0 Å². The zero-order valence-corrected chi connectivity index (χ0v) is 18.1. The van der Waals surface area contributed by atoms with Gasteiger partial charge in [-0.15, -0.1) is 11.8 Å². The van der Waals surface area contributed by atoms with Crippen molar-refractivity contribution in [2.75, 3.05) is 13.1 Å². The van der Waals surface area contributed by atoms with Gasteiger partial charge in [0, 0.05) is 29.7 Å². The van der Waals surface area contributed by atoms with Crippen molar-refractivity contribution >= 4 is 23.7 Å². The van der Waals surface area contributed by atoms with E-state index >= 15 is 0 Å². The average molecular weight is 398 g/mol. The molecule has 1 amide bonds. The smallest absolute Gasteiger partial charge is 0.246 e. The van der Waals surface area contributed by atoms with Crippen LogP contribution < -0.4 is 0 Å². The predicted octanol–water partition coefficient (Wildman–Crippen LogP) is 6.48. The lowest BCUT2D eigenvalue weighted by Crippen LogP contribution is -2.34. The number of benzene rings is 1. The molecule has 1 fully saturated rings. The molecule has 0 aromatic heterocycles. The van der Waals surface area contributed by atoms with Crippen molar-refractivity contribution in [2.45, 2.75) is 75.2 Å². The molecule has 0 saturated carbocycles. The van der Waals surface area contributed by atoms with Gasteiger partial charge in [-0.05, 0) is 57.1 Å². The van der Waals surface area contributed by atoms with E-state index in [-0.39, 0.29) is 5.91 Å². The van der Waals surface area contributed by atoms with Crippen LogP contribution in [0, 0.1) is 0 Å². The monoisotopic (exact) mass is 397 g/mol. The van der Waals surface area contributed by atoms with Crippen molar-refractivity contribution in [2.24, 2.45) is 0 Å². The van der Waals surface area contributed by atoms with Gasteiger partial charge >= 0.3 is 0 Å². The molecular weight excluding hydrogens is 362 g/mol. The molecule has 2 nitrogen and oxygen atoms in total. The van der Waals surface area contributed by atoms with Crippen LogP contribution >= 0.6 is 11.8 Å². The van der Waals surface area contributed by atoms with Crippen LogP contribution in [0.5, 0.6) is 0 Å². The van der Waals surface area contributed by atoms with Gasteiger partial charge in [0.05, 0.1) is 0 Å². The van der Waals surface area contributed by atoms with Gasteiger partial charge in [-0.2, -0.15) is 0 Å². The van der Waals surface area contributed by atoms with Gasteiger partial charge in [0.2, 0.25) is 5.91 Å². The van der Waals surface area contributed by atoms with E-state index in [2.05, 4.69) is 24.8 Å². The van der Waals surface area contributed by atoms with E-state index in [4.69, 9.17) is 0 Å². The summed E-state index contributed by atoms with van der Waals surface area (Å²) in [7, 11) is 0. The third kappa shape index (κ3) is 6.55. The molecule has 1 aromatic carbocycles. The first kappa shape index (κ1) is 21.2. The quantitative estimate of drug-likeness (QED) is 0.404. The number of thioether (sulfide) groups is 1. The topological polar surface area (TPSA) is 20.3 Å². The standard InChI is InChI=1S/C25H35NOS/c1-2-26(25(27)19-16-21-12-8-7-9-13-21)20-23-17-18-24(28-23)22-14-10-5-3-4-6-11-15-22/h7-9,12-14,16,19,23-24H,2-6,10-11,15,17-18,20H2,1H3. The minimum atomic E-state index is 0.136. The van der Waals surface area contributed by atoms with E-state index in [9.17, 15) is 4.79 Å². The molecule has 2 unspecified atom stereocenters. The first-order chi connectivity index (χ1) is 13.8. The molecule has 1 aliphatic carbocycles. The molecular formula is C25H35NOS. The fraction of sp³-hybridized carbons (Fsp3) is 0.560. The van der Waals surface area contributed by atoms with Crippen molar-refractivity contribution in [3.63, 3.8) is 0 Å². The summed E-state index contributed by atoms with van der Waals surface area (Å²) in [4.78, 5) is 14.7. The summed E-state index contributed by atoms with van der Waals surface area (Å²) in [5.74, 6) is 0.136. The van der Waals surface area contributed by atoms with Crippen molar-refractivity contribution < 1.29 is 4.79 Å². The molecule has 0 bridgehead atoms. The van der Waals surface area contributed by atoms with Gasteiger partial charge in [0.25, 0.3) is 0 Å². The molecule has 0 spiro atoms. The van der Waals surface area contributed by atoms with Gasteiger partial charge < -0.3 is 4.90 Å². The molecule has 1 saturated heterocycles. The van der Waals surface area contributed by atoms with E-state index in [1.807, 2.05) is 41.3 Å². The summed E-state index contributed by atoms with van der Waals surface area (Å²) < 4.78 is 0. The van der Waals surface area contributed by atoms with Crippen LogP contribution in [0.25, 0.3) is 6.08 Å². The van der Waals surface area contributed by atoms with Crippen LogP contribution in [0.1, 0.15) is 70.3 Å². The minimum Gasteiger partial charge on any atom is -0.338 e. The Balaban J connectivity index is 1.52. The maximum Gasteiger partial charge on any atom is 0.246 e. The predicted molar refractivity (Wildman–Crippen MR) is 123 cm³/mol. The highest BCUT2D eigenvalue weighted by atomic mass is 32.2. The third-order valence-electron chi connectivity index (χ3n) is 5.93. The summed E-state index contributed by atoms with van der Waals surface area (Å²) >= 11 is 2.13. The maximum absolute atomic E-state index is 12.7. The Morgan fingerprint density at radius 1 is 1.11 bits per heavy atom. The van der Waals surface area contributed by atoms with Crippen molar-refractivity contribution in [3.8, 4) is 0 Å². The highest BCUT2D eigenvalue weighted by Gasteiger charge is 2.29. The first-order valence-corrected chi connectivity index (χ1v) is 12.1. The molecule has 0 radical (unpaired) electrons. The summed E-state index contributed by atoms with van der Waals surface area (Å²) in [6.07, 6.45) is 18.2. The number of amides is 1. The van der Waals surface area contributed by atoms with Crippen LogP contribution in [0.3, 0.4) is 0 Å². The van der Waals surface area contributed by atoms with Crippen LogP contribution in [0.15, 0.2) is 48.1 Å². The maximum atomic E-state index is 12.7. The van der Waals surface area contributed by atoms with E-state index < -0.39 is 0 Å². The lowest BCUT2D eigenvalue weighted by atomic mass is 10.0. The number of carbonyl (C=O) groups excluding carboxylic acids is 1. The van der Waals surface area contributed by atoms with Crippen LogP contribution in [0.2, 0.25) is 0 Å². The van der Waals surface area contributed by atoms with E-state index in [1.54, 1.807) is 11.6 Å². The lowest BCUT2D eigenvalue weighted by Gasteiger charge is -2.23. The van der Waals surface area contributed by atoms with E-state index in [0.29, 0.717) is 10.5 Å². The summed E-state index contributed by atoms with van der Waals surface area (Å²) in [5.41, 5.74) is 2.78. The van der Waals surface area contributed by atoms with E-state index in [0.717, 1.165) is 18.7 Å². The largest absolute Gasteiger partial charge is 0.338 e. The average Bonchev–Trinajstić information content (AvgIpc) is 3.23. The Kier molecular flexibility index (Phi) is 8.72. The number of hydrogen-bond acceptors (Lipinski definition) is 2. The zero-order chi connectivity index (χ0) is 19.6. The third-order valence-corrected chi connectivity index (χ3v) is 7.57. The second-order valence-corrected chi connectivity index (χ2v) is 9.54. The second kappa shape index (κ2) is 11.5. The molecule has 2 atom stereocenters. The van der Waals surface area contributed by atoms with Crippen LogP contribution in [0.4, 0.5) is 0 Å². The normalized spacial score (nSPS) is 23.7. The van der Waals surface area contributed by atoms with Crippen molar-refractivity contribution in [1.82, 2.24) is 4.90 Å². The van der Waals surface area contributed by atoms with Gasteiger partial charge in [0.1, 0.15) is 0 Å². The highest BCUT2D eigenvalue weighted by Crippen LogP contribution is 2.40. The van der Waals surface area contributed by atoms with Crippen LogP contribution in [-0.4, -0.2) is 34.4 Å². The fourth-order valence-corrected chi connectivity index (χ4v) is 5.92. The SMILES string of the molecule is CCN(CC1CCC(C2=CCCCCCCC2)S1)C(=O)C=Cc1ccccc1. The number of allylic oxidation sites excluding steroid dienone is 1. The Morgan fingerprint density at radius 3 is 2.71 bits per heavy atom. The zero-order valence-electron chi connectivity index (χ0n) is 17.3. The molecule has 152 valence electrons. The fourth-order valence-electron chi connectivity index (χ4n) is 4.26. The lowest BCUT2D eigenvalue weighted by molar-refractivity contribution is -0.125. The van der Waals surface area contributed by atoms with Gasteiger partial charge in [-0.1, -0.05) is 61.2 Å². The number of nitrogens with zero attached hydrogens (tertiary/aromatic N) is 1. The summed E-state index contributed by atoms with van der Waals surface area (Å²) in [5, 5.41) is 1.27. The van der Waals surface area contributed by atoms with Crippen LogP contribution in [-0.2, 0) is 4.79 Å². The van der Waals surface area contributed by atoms with Crippen molar-refractivity contribution in [3.05, 3.63) is 53.6 Å². The molecule has 3 heteroatoms. The number of rotatable bonds is 6. The number of likely N-dealkylation sites (N-methyl/N-ethyl adjacent to an activating group) is 1. The molecule has 1 aliphatic heterocycles. The highest BCUT2D eigenvalue weighted by molar-refractivity contribution is 8.01. The summed E-state index contributed by atoms with van der Waals surface area (Å²) in [6, 6.07) is 10.1. The Morgan fingerprint density at radius 2 is 1.89 bits per heavy atom. The second-order valence-electron chi connectivity index (χ2n) is 8.03. The Hall–Kier alpha value is -1.48. The summed E-state index contributed by atoms with van der Waals surface area (Å²) in [6.45, 7) is 3.75. The molecule has 3 rings (SSSR count). The molecule has 2 aliphatic rings. The van der Waals surface area contributed by atoms with Gasteiger partial charge in [0.15, 0.2) is 0 Å². The molecule has 28 heavy (non-hydrogen) atoms. The molecule has 1 aromatic rings. The van der Waals surface area contributed by atoms with Gasteiger partial charge in [-0.3, -0.25) is 4.79 Å². The first-order valence-electron chi connectivity index (χ1n) is 11.1. The van der Waals surface area contributed by atoms with E-state index in [1.165, 1.54) is 57.8 Å². The molecule has 0 N–H and O–H groups in total. The minimum absolute atomic E-state index is 0.136. The Labute approximate surface area is 175 Å². The Bertz CT molecular complexity index is 666. The van der Waals surface area contributed by atoms with Gasteiger partial charge in [-0.25, -0.2) is 0 Å². The molecule has 1 heterocycles.